The number of likely N-dealkylation sites (tertiary alicyclic amines) is 1. The Morgan fingerprint density at radius 2 is 2.00 bits per heavy atom. The summed E-state index contributed by atoms with van der Waals surface area (Å²) in [4.78, 5) is 21.8. The molecule has 4 fully saturated rings. The van der Waals surface area contributed by atoms with Crippen molar-refractivity contribution >= 4 is 6.03 Å². The lowest BCUT2D eigenvalue weighted by Crippen LogP contribution is -2.64. The van der Waals surface area contributed by atoms with E-state index in [2.05, 4.69) is 32.1 Å². The number of hydrazine groups is 1. The summed E-state index contributed by atoms with van der Waals surface area (Å²) in [7, 11) is 1.62. The number of carbonyl (C=O) groups excluding carboxylic acids is 1. The van der Waals surface area contributed by atoms with Gasteiger partial charge in [-0.05, 0) is 55.7 Å². The number of nitrogens with one attached hydrogen (secondary N) is 3. The Labute approximate surface area is 215 Å². The maximum absolute atomic E-state index is 14.2. The van der Waals surface area contributed by atoms with Crippen LogP contribution in [0.4, 0.5) is 13.6 Å². The number of piperidine rings is 1. The highest BCUT2D eigenvalue weighted by Crippen LogP contribution is 2.42. The van der Waals surface area contributed by atoms with E-state index < -0.39 is 11.6 Å². The molecule has 1 aliphatic carbocycles. The normalized spacial score (nSPS) is 32.0. The number of halogens is 2. The van der Waals surface area contributed by atoms with Crippen molar-refractivity contribution in [3.63, 3.8) is 0 Å². The van der Waals surface area contributed by atoms with Crippen LogP contribution in [0, 0.1) is 23.5 Å². The van der Waals surface area contributed by atoms with Crippen molar-refractivity contribution in [2.24, 2.45) is 11.8 Å². The summed E-state index contributed by atoms with van der Waals surface area (Å²) in [6.07, 6.45) is 5.64. The van der Waals surface area contributed by atoms with Crippen LogP contribution in [0.15, 0.2) is 36.5 Å². The van der Waals surface area contributed by atoms with E-state index in [-0.39, 0.29) is 30.2 Å². The summed E-state index contributed by atoms with van der Waals surface area (Å²) >= 11 is 0. The van der Waals surface area contributed by atoms with Crippen LogP contribution in [0.5, 0.6) is 5.88 Å². The molecule has 0 bridgehead atoms. The number of hydrogen-bond acceptors (Lipinski definition) is 6. The zero-order valence-corrected chi connectivity index (χ0v) is 21.0. The molecule has 6 rings (SSSR count). The molecule has 6 atom stereocenters. The second-order valence-electron chi connectivity index (χ2n) is 10.9. The van der Waals surface area contributed by atoms with E-state index in [4.69, 9.17) is 4.74 Å². The average molecular weight is 513 g/mol. The van der Waals surface area contributed by atoms with Crippen LogP contribution < -0.4 is 20.9 Å². The van der Waals surface area contributed by atoms with Crippen molar-refractivity contribution in [3.05, 3.63) is 59.3 Å². The molecule has 5 unspecified atom stereocenters. The monoisotopic (exact) mass is 512 g/mol. The molecule has 8 nitrogen and oxygen atoms in total. The van der Waals surface area contributed by atoms with Gasteiger partial charge in [-0.25, -0.2) is 24.0 Å². The molecule has 4 aliphatic rings. The van der Waals surface area contributed by atoms with Gasteiger partial charge in [-0.3, -0.25) is 10.3 Å². The molecule has 0 spiro atoms. The summed E-state index contributed by atoms with van der Waals surface area (Å²) in [5.41, 5.74) is 8.55. The van der Waals surface area contributed by atoms with Crippen LogP contribution >= 0.6 is 0 Å². The first-order valence-electron chi connectivity index (χ1n) is 13.2. The number of carbonyl (C=O) groups is 1. The predicted molar refractivity (Wildman–Crippen MR) is 133 cm³/mol. The maximum atomic E-state index is 14.2. The van der Waals surface area contributed by atoms with E-state index in [0.29, 0.717) is 36.4 Å². The third-order valence-electron chi connectivity index (χ3n) is 8.68. The Bertz CT molecular complexity index is 1130. The van der Waals surface area contributed by atoms with Gasteiger partial charge in [-0.15, -0.1) is 0 Å². The number of benzene rings is 1. The number of hydrogen-bond donors (Lipinski definition) is 3. The highest BCUT2D eigenvalue weighted by molar-refractivity contribution is 5.76. The van der Waals surface area contributed by atoms with Gasteiger partial charge in [-0.1, -0.05) is 12.1 Å². The van der Waals surface area contributed by atoms with E-state index in [1.807, 2.05) is 17.2 Å². The van der Waals surface area contributed by atoms with Crippen molar-refractivity contribution in [2.75, 3.05) is 26.7 Å². The molecular weight excluding hydrogens is 478 g/mol. The van der Waals surface area contributed by atoms with Gasteiger partial charge in [0, 0.05) is 61.7 Å². The highest BCUT2D eigenvalue weighted by atomic mass is 19.1. The molecule has 3 N–H and O–H groups in total. The van der Waals surface area contributed by atoms with Crippen LogP contribution in [0.3, 0.4) is 0 Å². The lowest BCUT2D eigenvalue weighted by Gasteiger charge is -2.49. The summed E-state index contributed by atoms with van der Waals surface area (Å²) in [6.45, 7) is 2.68. The first-order chi connectivity index (χ1) is 18.0. The first-order valence-corrected chi connectivity index (χ1v) is 13.2. The Kier molecular flexibility index (Phi) is 6.73. The van der Waals surface area contributed by atoms with Gasteiger partial charge < -0.3 is 15.0 Å². The molecule has 2 amide bonds. The van der Waals surface area contributed by atoms with Crippen LogP contribution in [-0.2, 0) is 6.54 Å². The smallest absolute Gasteiger partial charge is 0.317 e. The Hall–Kier alpha value is -2.82. The van der Waals surface area contributed by atoms with E-state index in [9.17, 15) is 13.6 Å². The molecule has 2 aromatic rings. The van der Waals surface area contributed by atoms with Gasteiger partial charge in [-0.2, -0.15) is 0 Å². The van der Waals surface area contributed by atoms with Gasteiger partial charge in [0.05, 0.1) is 13.2 Å². The SMILES string of the molecule is COc1ccc(C2NNC3CC4NC(=O)N([C@@H]5CCCN(Cc6ccc(F)cc6F)C5)CC4CC32)cn1. The molecule has 198 valence electrons. The lowest BCUT2D eigenvalue weighted by molar-refractivity contribution is 0.0521. The van der Waals surface area contributed by atoms with E-state index >= 15 is 0 Å². The number of rotatable bonds is 5. The molecule has 1 aromatic carbocycles. The number of aromatic nitrogens is 1. The summed E-state index contributed by atoms with van der Waals surface area (Å²) in [6, 6.07) is 8.40. The van der Waals surface area contributed by atoms with Crippen molar-refractivity contribution in [2.45, 2.75) is 56.4 Å². The minimum atomic E-state index is -0.565. The van der Waals surface area contributed by atoms with Crippen molar-refractivity contribution < 1.29 is 18.3 Å². The predicted octanol–water partition coefficient (Wildman–Crippen LogP) is 2.97. The van der Waals surface area contributed by atoms with E-state index in [1.165, 1.54) is 12.1 Å². The topological polar surface area (TPSA) is 81.8 Å². The number of nitrogens with zero attached hydrogens (tertiary/aromatic N) is 3. The van der Waals surface area contributed by atoms with Crippen LogP contribution in [0.2, 0.25) is 0 Å². The van der Waals surface area contributed by atoms with Crippen LogP contribution in [0.1, 0.15) is 42.9 Å². The molecule has 37 heavy (non-hydrogen) atoms. The molecular formula is C27H34F2N6O2. The van der Waals surface area contributed by atoms with Crippen LogP contribution in [0.25, 0.3) is 0 Å². The molecule has 10 heteroatoms. The number of pyridine rings is 1. The van der Waals surface area contributed by atoms with E-state index in [1.54, 1.807) is 7.11 Å². The van der Waals surface area contributed by atoms with Gasteiger partial charge in [0.15, 0.2) is 0 Å². The Balaban J connectivity index is 1.12. The number of fused-ring (bicyclic) bond motifs is 2. The van der Waals surface area contributed by atoms with Crippen molar-refractivity contribution in [1.29, 1.82) is 0 Å². The third kappa shape index (κ3) is 4.89. The summed E-state index contributed by atoms with van der Waals surface area (Å²) < 4.78 is 32.8. The third-order valence-corrected chi connectivity index (χ3v) is 8.68. The molecule has 3 saturated heterocycles. The fourth-order valence-electron chi connectivity index (χ4n) is 6.77. The number of amides is 2. The molecule has 1 saturated carbocycles. The lowest BCUT2D eigenvalue weighted by atomic mass is 9.71. The fourth-order valence-corrected chi connectivity index (χ4v) is 6.77. The van der Waals surface area contributed by atoms with Crippen molar-refractivity contribution in [3.8, 4) is 5.88 Å². The Morgan fingerprint density at radius 1 is 1.11 bits per heavy atom. The highest BCUT2D eigenvalue weighted by Gasteiger charge is 2.48. The number of methoxy groups -OCH3 is 1. The molecule has 0 radical (unpaired) electrons. The average Bonchev–Trinajstić information content (AvgIpc) is 3.31. The fraction of sp³-hybridized carbons (Fsp3) is 0.556. The van der Waals surface area contributed by atoms with E-state index in [0.717, 1.165) is 50.4 Å². The van der Waals surface area contributed by atoms with Gasteiger partial charge in [0.1, 0.15) is 11.6 Å². The second kappa shape index (κ2) is 10.2. The minimum Gasteiger partial charge on any atom is -0.481 e. The number of ether oxygens (including phenoxy) is 1. The van der Waals surface area contributed by atoms with Gasteiger partial charge in [0.2, 0.25) is 5.88 Å². The summed E-state index contributed by atoms with van der Waals surface area (Å²) in [5.74, 6) is 0.282. The minimum absolute atomic E-state index is 0.00127. The zero-order chi connectivity index (χ0) is 25.5. The second-order valence-corrected chi connectivity index (χ2v) is 10.9. The zero-order valence-electron chi connectivity index (χ0n) is 21.0. The number of urea groups is 1. The summed E-state index contributed by atoms with van der Waals surface area (Å²) in [5, 5.41) is 3.30. The Morgan fingerprint density at radius 3 is 2.78 bits per heavy atom. The van der Waals surface area contributed by atoms with Crippen molar-refractivity contribution in [1.82, 2.24) is 31.0 Å². The first kappa shape index (κ1) is 24.5. The standard InChI is InChI=1S/C27H34F2N6O2/c1-37-25-7-5-16(12-30-25)26-21-9-18-14-35(27(36)31-23(18)11-24(21)32-33-26)20-3-2-8-34(15-20)13-17-4-6-19(28)10-22(17)29/h4-7,10,12,18,20-21,23-24,26,32-33H,2-3,8-9,11,13-15H2,1H3,(H,31,36)/t18?,20-,21?,23?,24?,26?/m1/s1. The largest absolute Gasteiger partial charge is 0.481 e. The molecule has 4 heterocycles. The van der Waals surface area contributed by atoms with Crippen LogP contribution in [-0.4, -0.2) is 65.7 Å². The molecule has 3 aliphatic heterocycles. The quantitative estimate of drug-likeness (QED) is 0.572. The maximum Gasteiger partial charge on any atom is 0.317 e. The van der Waals surface area contributed by atoms with Gasteiger partial charge >= 0.3 is 6.03 Å². The molecule has 1 aromatic heterocycles. The van der Waals surface area contributed by atoms with Gasteiger partial charge in [0.25, 0.3) is 0 Å².